The fourth-order valence-corrected chi connectivity index (χ4v) is 5.35. The van der Waals surface area contributed by atoms with Crippen molar-refractivity contribution in [1.82, 2.24) is 9.88 Å². The minimum atomic E-state index is -0.887. The number of carboxylic acids is 1. The number of rotatable bonds is 3. The van der Waals surface area contributed by atoms with Crippen LogP contribution >= 0.6 is 11.3 Å². The number of amides is 1. The maximum Gasteiger partial charge on any atom is 0.326 e. The zero-order valence-corrected chi connectivity index (χ0v) is 14.3. The van der Waals surface area contributed by atoms with Gasteiger partial charge in [0.25, 0.3) is 5.91 Å². The van der Waals surface area contributed by atoms with Gasteiger partial charge < -0.3 is 14.7 Å². The molecule has 0 spiro atoms. The van der Waals surface area contributed by atoms with Crippen molar-refractivity contribution in [2.45, 2.75) is 63.1 Å². The van der Waals surface area contributed by atoms with Crippen LogP contribution < -0.4 is 0 Å². The van der Waals surface area contributed by atoms with Gasteiger partial charge in [0.1, 0.15) is 22.0 Å². The molecule has 1 saturated carbocycles. The predicted molar refractivity (Wildman–Crippen MR) is 88.0 cm³/mol. The lowest BCUT2D eigenvalue weighted by Crippen LogP contribution is -2.46. The Morgan fingerprint density at radius 3 is 2.83 bits per heavy atom. The van der Waals surface area contributed by atoms with E-state index in [1.54, 1.807) is 11.1 Å². The fourth-order valence-electron chi connectivity index (χ4n) is 4.41. The molecular formula is C17H22N2O4S. The number of aliphatic carboxylic acids is 1. The van der Waals surface area contributed by atoms with Crippen LogP contribution in [-0.2, 0) is 9.53 Å². The molecule has 7 heteroatoms. The monoisotopic (exact) mass is 350 g/mol. The molecule has 3 fully saturated rings. The largest absolute Gasteiger partial charge is 0.480 e. The van der Waals surface area contributed by atoms with E-state index in [-0.39, 0.29) is 18.1 Å². The molecule has 6 nitrogen and oxygen atoms in total. The number of likely N-dealkylation sites (tertiary alicyclic amines) is 1. The van der Waals surface area contributed by atoms with Crippen molar-refractivity contribution in [3.8, 4) is 0 Å². The molecule has 0 aromatic carbocycles. The highest BCUT2D eigenvalue weighted by molar-refractivity contribution is 7.13. The maximum absolute atomic E-state index is 13.0. The Kier molecular flexibility index (Phi) is 4.30. The minimum absolute atomic E-state index is 0.00664. The first-order chi connectivity index (χ1) is 11.6. The number of fused-ring (bicyclic) bond motifs is 1. The Balaban J connectivity index is 1.58. The van der Waals surface area contributed by atoms with Gasteiger partial charge in [-0.1, -0.05) is 12.8 Å². The van der Waals surface area contributed by atoms with Crippen molar-refractivity contribution < 1.29 is 19.4 Å². The molecule has 1 aromatic heterocycles. The van der Waals surface area contributed by atoms with Crippen LogP contribution in [-0.4, -0.2) is 45.6 Å². The van der Waals surface area contributed by atoms with Crippen LogP contribution in [0.25, 0.3) is 0 Å². The third-order valence-electron chi connectivity index (χ3n) is 5.55. The summed E-state index contributed by atoms with van der Waals surface area (Å²) in [5.41, 5.74) is 0. The quantitative estimate of drug-likeness (QED) is 0.907. The highest BCUT2D eigenvalue weighted by atomic mass is 32.1. The molecule has 4 unspecified atom stereocenters. The van der Waals surface area contributed by atoms with Crippen molar-refractivity contribution >= 4 is 23.2 Å². The zero-order valence-electron chi connectivity index (χ0n) is 13.5. The first kappa shape index (κ1) is 16.0. The van der Waals surface area contributed by atoms with Gasteiger partial charge in [0, 0.05) is 12.6 Å². The maximum atomic E-state index is 13.0. The second kappa shape index (κ2) is 6.44. The summed E-state index contributed by atoms with van der Waals surface area (Å²) in [7, 11) is 0. The second-order valence-electron chi connectivity index (χ2n) is 6.98. The van der Waals surface area contributed by atoms with Gasteiger partial charge in [0.2, 0.25) is 0 Å². The average Bonchev–Trinajstić information content (AvgIpc) is 3.31. The van der Waals surface area contributed by atoms with Gasteiger partial charge in [-0.05, 0) is 38.0 Å². The molecule has 1 aromatic rings. The molecule has 4 rings (SSSR count). The molecule has 1 aliphatic carbocycles. The number of nitrogens with zero attached hydrogens (tertiary/aromatic N) is 2. The minimum Gasteiger partial charge on any atom is -0.480 e. The SMILES string of the molecule is O=C(O)C1CC2CCCCC2N1C(=O)c1cnc(C2CCCO2)s1. The molecule has 4 atom stereocenters. The van der Waals surface area contributed by atoms with Crippen molar-refractivity contribution in [3.63, 3.8) is 0 Å². The van der Waals surface area contributed by atoms with E-state index in [2.05, 4.69) is 4.98 Å². The predicted octanol–water partition coefficient (Wildman–Crippen LogP) is 2.85. The van der Waals surface area contributed by atoms with Crippen LogP contribution in [0.3, 0.4) is 0 Å². The lowest BCUT2D eigenvalue weighted by molar-refractivity contribution is -0.141. The smallest absolute Gasteiger partial charge is 0.326 e. The Bertz CT molecular complexity index is 640. The summed E-state index contributed by atoms with van der Waals surface area (Å²) in [6.45, 7) is 0.741. The lowest BCUT2D eigenvalue weighted by atomic mass is 9.85. The fraction of sp³-hybridized carbons (Fsp3) is 0.706. The van der Waals surface area contributed by atoms with E-state index in [1.807, 2.05) is 0 Å². The number of carboxylic acid groups (broad SMARTS) is 1. The molecule has 130 valence electrons. The Morgan fingerprint density at radius 1 is 1.25 bits per heavy atom. The summed E-state index contributed by atoms with van der Waals surface area (Å²) < 4.78 is 5.63. The first-order valence-electron chi connectivity index (χ1n) is 8.78. The van der Waals surface area contributed by atoms with Crippen molar-refractivity contribution in [2.24, 2.45) is 5.92 Å². The molecule has 0 radical (unpaired) electrons. The third kappa shape index (κ3) is 2.73. The third-order valence-corrected chi connectivity index (χ3v) is 6.62. The number of hydrogen-bond acceptors (Lipinski definition) is 5. The van der Waals surface area contributed by atoms with Gasteiger partial charge in [0.05, 0.1) is 6.20 Å². The topological polar surface area (TPSA) is 79.7 Å². The number of hydrogen-bond donors (Lipinski definition) is 1. The average molecular weight is 350 g/mol. The van der Waals surface area contributed by atoms with Crippen LogP contribution in [0.2, 0.25) is 0 Å². The Morgan fingerprint density at radius 2 is 2.08 bits per heavy atom. The molecule has 24 heavy (non-hydrogen) atoms. The van der Waals surface area contributed by atoms with Crippen LogP contribution in [0.15, 0.2) is 6.20 Å². The van der Waals surface area contributed by atoms with Crippen molar-refractivity contribution in [3.05, 3.63) is 16.1 Å². The molecule has 1 N–H and O–H groups in total. The molecule has 0 bridgehead atoms. The number of aromatic nitrogens is 1. The normalized spacial score (nSPS) is 32.8. The number of carbonyl (C=O) groups is 2. The number of ether oxygens (including phenoxy) is 1. The van der Waals surface area contributed by atoms with Crippen LogP contribution in [0.1, 0.15) is 65.7 Å². The van der Waals surface area contributed by atoms with Gasteiger partial charge in [-0.25, -0.2) is 9.78 Å². The highest BCUT2D eigenvalue weighted by Gasteiger charge is 2.48. The van der Waals surface area contributed by atoms with E-state index in [9.17, 15) is 14.7 Å². The number of carbonyl (C=O) groups excluding carboxylic acids is 1. The van der Waals surface area contributed by atoms with E-state index in [0.717, 1.165) is 50.1 Å². The number of thiazole rings is 1. The molecule has 3 heterocycles. The summed E-state index contributed by atoms with van der Waals surface area (Å²) >= 11 is 1.36. The molecule has 3 aliphatic rings. The van der Waals surface area contributed by atoms with E-state index in [4.69, 9.17) is 4.74 Å². The molecular weight excluding hydrogens is 328 g/mol. The van der Waals surface area contributed by atoms with E-state index >= 15 is 0 Å². The van der Waals surface area contributed by atoms with E-state index in [1.165, 1.54) is 11.3 Å². The van der Waals surface area contributed by atoms with Gasteiger partial charge in [0.15, 0.2) is 0 Å². The second-order valence-corrected chi connectivity index (χ2v) is 8.04. The van der Waals surface area contributed by atoms with E-state index in [0.29, 0.717) is 17.2 Å². The van der Waals surface area contributed by atoms with Crippen LogP contribution in [0.4, 0.5) is 0 Å². The molecule has 1 amide bonds. The molecule has 2 aliphatic heterocycles. The summed E-state index contributed by atoms with van der Waals surface area (Å²) in [6, 6.07) is -0.625. The van der Waals surface area contributed by atoms with E-state index < -0.39 is 12.0 Å². The Labute approximate surface area is 144 Å². The van der Waals surface area contributed by atoms with Crippen molar-refractivity contribution in [2.75, 3.05) is 6.61 Å². The lowest BCUT2D eigenvalue weighted by Gasteiger charge is -2.32. The molecule has 2 saturated heterocycles. The van der Waals surface area contributed by atoms with Gasteiger partial charge in [-0.2, -0.15) is 0 Å². The summed E-state index contributed by atoms with van der Waals surface area (Å²) in [5.74, 6) is -0.727. The highest BCUT2D eigenvalue weighted by Crippen LogP contribution is 2.41. The van der Waals surface area contributed by atoms with Gasteiger partial charge >= 0.3 is 5.97 Å². The zero-order chi connectivity index (χ0) is 16.7. The first-order valence-corrected chi connectivity index (χ1v) is 9.59. The summed E-state index contributed by atoms with van der Waals surface area (Å²) in [6.07, 6.45) is 8.29. The van der Waals surface area contributed by atoms with Crippen LogP contribution in [0, 0.1) is 5.92 Å². The van der Waals surface area contributed by atoms with Crippen molar-refractivity contribution in [1.29, 1.82) is 0 Å². The summed E-state index contributed by atoms with van der Waals surface area (Å²) in [5, 5.41) is 10.4. The summed E-state index contributed by atoms with van der Waals surface area (Å²) in [4.78, 5) is 31.3. The van der Waals surface area contributed by atoms with Crippen LogP contribution in [0.5, 0.6) is 0 Å². The van der Waals surface area contributed by atoms with Gasteiger partial charge in [-0.15, -0.1) is 11.3 Å². The standard InChI is InChI=1S/C17H22N2O4S/c20-16(14-9-18-15(24-14)13-6-3-7-23-13)19-11-5-2-1-4-10(11)8-12(19)17(21)22/h9-13H,1-8H2,(H,21,22). The Hall–Kier alpha value is -1.47. The van der Waals surface area contributed by atoms with Gasteiger partial charge in [-0.3, -0.25) is 4.79 Å².